The summed E-state index contributed by atoms with van der Waals surface area (Å²) in [6, 6.07) is 14.2. The van der Waals surface area contributed by atoms with Gasteiger partial charge in [0.1, 0.15) is 5.75 Å². The van der Waals surface area contributed by atoms with Crippen molar-refractivity contribution in [1.82, 2.24) is 5.43 Å². The Labute approximate surface area is 183 Å². The van der Waals surface area contributed by atoms with E-state index in [2.05, 4.69) is 10.5 Å². The molecular weight excluding hydrogens is 424 g/mol. The number of fused-ring (bicyclic) bond motifs is 1. The van der Waals surface area contributed by atoms with Crippen LogP contribution in [-0.4, -0.2) is 44.0 Å². The molecule has 0 spiro atoms. The molecule has 0 unspecified atom stereocenters. The highest BCUT2D eigenvalue weighted by Crippen LogP contribution is 2.36. The Morgan fingerprint density at radius 1 is 1.06 bits per heavy atom. The van der Waals surface area contributed by atoms with Crippen molar-refractivity contribution in [2.45, 2.75) is 0 Å². The average Bonchev–Trinajstić information content (AvgIpc) is 2.76. The zero-order chi connectivity index (χ0) is 22.4. The van der Waals surface area contributed by atoms with E-state index in [0.717, 1.165) is 10.8 Å². The van der Waals surface area contributed by atoms with Crippen LogP contribution >= 0.6 is 11.6 Å². The van der Waals surface area contributed by atoms with Gasteiger partial charge in [-0.05, 0) is 40.6 Å². The van der Waals surface area contributed by atoms with Crippen LogP contribution < -0.4 is 19.6 Å². The summed E-state index contributed by atoms with van der Waals surface area (Å²) in [4.78, 5) is 23.3. The molecule has 8 nitrogen and oxygen atoms in total. The number of carbonyl (C=O) groups is 2. The first-order valence-corrected chi connectivity index (χ1v) is 9.43. The number of benzene rings is 3. The second-order valence-corrected chi connectivity index (χ2v) is 6.72. The molecule has 0 atom stereocenters. The van der Waals surface area contributed by atoms with Crippen molar-refractivity contribution < 1.29 is 28.9 Å². The fourth-order valence-corrected chi connectivity index (χ4v) is 3.15. The van der Waals surface area contributed by atoms with Crippen molar-refractivity contribution in [3.05, 3.63) is 64.7 Å². The van der Waals surface area contributed by atoms with E-state index in [-0.39, 0.29) is 16.5 Å². The Morgan fingerprint density at radius 2 is 1.74 bits per heavy atom. The molecule has 0 heterocycles. The van der Waals surface area contributed by atoms with Gasteiger partial charge in [0.25, 0.3) is 5.91 Å². The lowest BCUT2D eigenvalue weighted by molar-refractivity contribution is -0.139. The molecule has 0 aliphatic carbocycles. The number of carbonyl (C=O) groups excluding carboxylic acids is 1. The molecule has 3 rings (SSSR count). The highest BCUT2D eigenvalue weighted by Gasteiger charge is 2.15. The van der Waals surface area contributed by atoms with Gasteiger partial charge in [-0.25, -0.2) is 10.2 Å². The number of hydrogen-bond acceptors (Lipinski definition) is 6. The fraction of sp³-hybridized carbons (Fsp3) is 0.136. The Bertz CT molecular complexity index is 1160. The third-order valence-corrected chi connectivity index (χ3v) is 4.56. The summed E-state index contributed by atoms with van der Waals surface area (Å²) in [6.45, 7) is -0.562. The number of carboxylic acid groups (broad SMARTS) is 1. The summed E-state index contributed by atoms with van der Waals surface area (Å²) in [5, 5.41) is 14.7. The van der Waals surface area contributed by atoms with Gasteiger partial charge in [0, 0.05) is 0 Å². The standard InChI is InChI=1S/C22H19ClN2O6/c1-29-18-10-15-6-4-3-5-14(15)9-16(18)22(28)25-24-11-13-7-17(23)21(19(8-13)30-2)31-12-20(26)27/h3-11H,12H2,1-2H3,(H,25,28)(H,26,27)/b24-11-. The van der Waals surface area contributed by atoms with Crippen LogP contribution in [0.4, 0.5) is 0 Å². The molecule has 0 saturated heterocycles. The van der Waals surface area contributed by atoms with Crippen molar-refractivity contribution in [3.8, 4) is 17.2 Å². The molecule has 1 amide bonds. The molecule has 2 N–H and O–H groups in total. The SMILES string of the molecule is COc1cc2ccccc2cc1C(=O)N/N=C\c1cc(Cl)c(OCC(=O)O)c(OC)c1. The molecule has 0 radical (unpaired) electrons. The Balaban J connectivity index is 1.79. The zero-order valence-electron chi connectivity index (χ0n) is 16.7. The molecule has 160 valence electrons. The van der Waals surface area contributed by atoms with Gasteiger partial charge in [-0.3, -0.25) is 4.79 Å². The first-order chi connectivity index (χ1) is 14.9. The lowest BCUT2D eigenvalue weighted by Crippen LogP contribution is -2.18. The molecule has 0 aliphatic heterocycles. The molecule has 0 fully saturated rings. The monoisotopic (exact) mass is 442 g/mol. The van der Waals surface area contributed by atoms with E-state index in [0.29, 0.717) is 16.9 Å². The van der Waals surface area contributed by atoms with Crippen molar-refractivity contribution in [2.75, 3.05) is 20.8 Å². The first kappa shape index (κ1) is 21.9. The van der Waals surface area contributed by atoms with Gasteiger partial charge >= 0.3 is 5.97 Å². The van der Waals surface area contributed by atoms with Gasteiger partial charge in [0.2, 0.25) is 0 Å². The zero-order valence-corrected chi connectivity index (χ0v) is 17.5. The van der Waals surface area contributed by atoms with Gasteiger partial charge < -0.3 is 19.3 Å². The molecular formula is C22H19ClN2O6. The minimum Gasteiger partial charge on any atom is -0.496 e. The van der Waals surface area contributed by atoms with Crippen molar-refractivity contribution in [1.29, 1.82) is 0 Å². The predicted octanol–water partition coefficient (Wildman–Crippen LogP) is 3.74. The molecule has 0 saturated carbocycles. The van der Waals surface area contributed by atoms with E-state index >= 15 is 0 Å². The number of amides is 1. The smallest absolute Gasteiger partial charge is 0.341 e. The van der Waals surface area contributed by atoms with Crippen LogP contribution in [0.15, 0.2) is 53.6 Å². The van der Waals surface area contributed by atoms with Crippen LogP contribution in [0.3, 0.4) is 0 Å². The number of hydrogen-bond donors (Lipinski definition) is 2. The second kappa shape index (κ2) is 9.82. The number of halogens is 1. The van der Waals surface area contributed by atoms with E-state index < -0.39 is 18.5 Å². The Morgan fingerprint density at radius 3 is 2.39 bits per heavy atom. The van der Waals surface area contributed by atoms with Crippen molar-refractivity contribution in [2.24, 2.45) is 5.10 Å². The van der Waals surface area contributed by atoms with E-state index in [4.69, 9.17) is 30.9 Å². The number of ether oxygens (including phenoxy) is 3. The summed E-state index contributed by atoms with van der Waals surface area (Å²) in [5.74, 6) is -0.823. The first-order valence-electron chi connectivity index (χ1n) is 9.05. The number of methoxy groups -OCH3 is 2. The average molecular weight is 443 g/mol. The van der Waals surface area contributed by atoms with Crippen molar-refractivity contribution in [3.63, 3.8) is 0 Å². The molecule has 3 aromatic rings. The normalized spacial score (nSPS) is 10.8. The number of carboxylic acids is 1. The quantitative estimate of drug-likeness (QED) is 0.406. The summed E-state index contributed by atoms with van der Waals surface area (Å²) < 4.78 is 15.7. The second-order valence-electron chi connectivity index (χ2n) is 6.32. The molecule has 31 heavy (non-hydrogen) atoms. The van der Waals surface area contributed by atoms with E-state index in [1.807, 2.05) is 24.3 Å². The number of nitrogens with one attached hydrogen (secondary N) is 1. The summed E-state index contributed by atoms with van der Waals surface area (Å²) >= 11 is 6.17. The number of hydrazone groups is 1. The largest absolute Gasteiger partial charge is 0.496 e. The van der Waals surface area contributed by atoms with Crippen LogP contribution in [0.2, 0.25) is 5.02 Å². The van der Waals surface area contributed by atoms with Crippen LogP contribution in [0, 0.1) is 0 Å². The summed E-state index contributed by atoms with van der Waals surface area (Å²) in [5.41, 5.74) is 3.30. The highest BCUT2D eigenvalue weighted by molar-refractivity contribution is 6.32. The predicted molar refractivity (Wildman–Crippen MR) is 117 cm³/mol. The maximum Gasteiger partial charge on any atom is 0.341 e. The Hall–Kier alpha value is -3.78. The topological polar surface area (TPSA) is 106 Å². The van der Waals surface area contributed by atoms with Crippen LogP contribution in [0.1, 0.15) is 15.9 Å². The number of nitrogens with zero attached hydrogens (tertiary/aromatic N) is 1. The molecule has 9 heteroatoms. The fourth-order valence-electron chi connectivity index (χ4n) is 2.88. The summed E-state index contributed by atoms with van der Waals surface area (Å²) in [6.07, 6.45) is 1.38. The van der Waals surface area contributed by atoms with Crippen molar-refractivity contribution >= 4 is 40.5 Å². The van der Waals surface area contributed by atoms with Crippen LogP contribution in [-0.2, 0) is 4.79 Å². The third kappa shape index (κ3) is 5.23. The van der Waals surface area contributed by atoms with Crippen LogP contribution in [0.5, 0.6) is 17.2 Å². The minimum atomic E-state index is -1.14. The molecule has 0 aromatic heterocycles. The van der Waals surface area contributed by atoms with Gasteiger partial charge in [0.05, 0.1) is 31.0 Å². The van der Waals surface area contributed by atoms with Crippen LogP contribution in [0.25, 0.3) is 10.8 Å². The summed E-state index contributed by atoms with van der Waals surface area (Å²) in [7, 11) is 2.89. The molecule has 0 aliphatic rings. The third-order valence-electron chi connectivity index (χ3n) is 4.28. The van der Waals surface area contributed by atoms with E-state index in [1.165, 1.54) is 26.5 Å². The minimum absolute atomic E-state index is 0.105. The lowest BCUT2D eigenvalue weighted by Gasteiger charge is -2.12. The number of aliphatic carboxylic acids is 1. The van der Waals surface area contributed by atoms with Gasteiger partial charge in [0.15, 0.2) is 18.1 Å². The Kier molecular flexibility index (Phi) is 6.94. The van der Waals surface area contributed by atoms with E-state index in [1.54, 1.807) is 18.2 Å². The maximum absolute atomic E-state index is 12.6. The number of rotatable bonds is 8. The molecule has 0 bridgehead atoms. The van der Waals surface area contributed by atoms with Gasteiger partial charge in [-0.1, -0.05) is 35.9 Å². The lowest BCUT2D eigenvalue weighted by atomic mass is 10.1. The molecule has 3 aromatic carbocycles. The van der Waals surface area contributed by atoms with E-state index in [9.17, 15) is 9.59 Å². The van der Waals surface area contributed by atoms with Gasteiger partial charge in [-0.15, -0.1) is 0 Å². The highest BCUT2D eigenvalue weighted by atomic mass is 35.5. The van der Waals surface area contributed by atoms with Gasteiger partial charge in [-0.2, -0.15) is 5.10 Å². The maximum atomic E-state index is 12.6.